The van der Waals surface area contributed by atoms with Crippen LogP contribution in [0.3, 0.4) is 0 Å². The molecule has 0 saturated carbocycles. The molecule has 7 heteroatoms. The van der Waals surface area contributed by atoms with Crippen molar-refractivity contribution in [3.8, 4) is 0 Å². The fourth-order valence-electron chi connectivity index (χ4n) is 2.41. The van der Waals surface area contributed by atoms with E-state index in [0.717, 1.165) is 12.8 Å². The Morgan fingerprint density at radius 1 is 1.00 bits per heavy atom. The van der Waals surface area contributed by atoms with E-state index in [1.807, 2.05) is 6.08 Å². The third-order valence-corrected chi connectivity index (χ3v) is 4.42. The number of unbranched alkanes of at least 4 members (excludes halogenated alkanes) is 10. The van der Waals surface area contributed by atoms with E-state index in [1.54, 1.807) is 6.08 Å². The molecule has 2 atom stereocenters. The van der Waals surface area contributed by atoms with Gasteiger partial charge in [0.15, 0.2) is 0 Å². The first-order valence-electron chi connectivity index (χ1n) is 9.17. The van der Waals surface area contributed by atoms with Gasteiger partial charge in [0.1, 0.15) is 0 Å². The zero-order chi connectivity index (χ0) is 18.3. The average molecular weight is 365 g/mol. The van der Waals surface area contributed by atoms with Crippen LogP contribution in [0.2, 0.25) is 0 Å². The van der Waals surface area contributed by atoms with Crippen LogP contribution in [0.5, 0.6) is 0 Å². The predicted octanol–water partition coefficient (Wildman–Crippen LogP) is 3.65. The molecular formula is C17H36NO5P. The van der Waals surface area contributed by atoms with E-state index < -0.39 is 20.0 Å². The van der Waals surface area contributed by atoms with E-state index in [1.165, 1.54) is 57.8 Å². The van der Waals surface area contributed by atoms with Crippen LogP contribution in [0.25, 0.3) is 0 Å². The highest BCUT2D eigenvalue weighted by molar-refractivity contribution is 7.46. The smallest absolute Gasteiger partial charge is 0.387 e. The number of aliphatic hydroxyl groups is 1. The highest BCUT2D eigenvalue weighted by atomic mass is 31.2. The molecule has 5 N–H and O–H groups in total. The van der Waals surface area contributed by atoms with E-state index in [9.17, 15) is 9.67 Å². The Bertz CT molecular complexity index is 359. The van der Waals surface area contributed by atoms with Crippen molar-refractivity contribution < 1.29 is 24.0 Å². The molecule has 6 nitrogen and oxygen atoms in total. The minimum absolute atomic E-state index is 0.381. The normalized spacial score (nSPS) is 15.0. The Morgan fingerprint density at radius 3 is 2.00 bits per heavy atom. The lowest BCUT2D eigenvalue weighted by molar-refractivity contribution is 0.129. The maximum Gasteiger partial charge on any atom is 0.469 e. The van der Waals surface area contributed by atoms with Gasteiger partial charge in [0, 0.05) is 0 Å². The van der Waals surface area contributed by atoms with Crippen LogP contribution in [-0.4, -0.2) is 33.6 Å². The topological polar surface area (TPSA) is 113 Å². The standard InChI is InChI=1S/C17H36NO5P/c1-2-3-4-5-6-7-8-9-10-11-12-13-14-17(19)16(18)15-23-24(20,21)22/h13-14,16-17,19H,2-12,15,18H2,1H3,(H2,20,21,22)/b14-13+. The summed E-state index contributed by atoms with van der Waals surface area (Å²) in [4.78, 5) is 17.1. The first-order valence-corrected chi connectivity index (χ1v) is 10.7. The zero-order valence-electron chi connectivity index (χ0n) is 15.0. The number of hydrogen-bond donors (Lipinski definition) is 4. The number of phosphoric acid groups is 1. The van der Waals surface area contributed by atoms with Gasteiger partial charge in [-0.1, -0.05) is 76.9 Å². The minimum Gasteiger partial charge on any atom is -0.387 e. The maximum atomic E-state index is 10.5. The summed E-state index contributed by atoms with van der Waals surface area (Å²) in [5, 5.41) is 9.73. The minimum atomic E-state index is -4.53. The van der Waals surface area contributed by atoms with Gasteiger partial charge in [-0.3, -0.25) is 4.52 Å². The Hall–Kier alpha value is -0.230. The van der Waals surface area contributed by atoms with Crippen molar-refractivity contribution in [2.24, 2.45) is 5.73 Å². The highest BCUT2D eigenvalue weighted by Gasteiger charge is 2.19. The first kappa shape index (κ1) is 23.8. The van der Waals surface area contributed by atoms with Crippen LogP contribution in [0.15, 0.2) is 12.2 Å². The molecule has 0 aliphatic carbocycles. The van der Waals surface area contributed by atoms with Gasteiger partial charge < -0.3 is 20.6 Å². The number of aliphatic hydroxyl groups excluding tert-OH is 1. The van der Waals surface area contributed by atoms with Crippen molar-refractivity contribution in [2.45, 2.75) is 89.7 Å². The molecule has 144 valence electrons. The van der Waals surface area contributed by atoms with E-state index in [-0.39, 0.29) is 6.61 Å². The second-order valence-corrected chi connectivity index (χ2v) is 7.58. The van der Waals surface area contributed by atoms with Crippen molar-refractivity contribution in [3.63, 3.8) is 0 Å². The molecule has 0 rings (SSSR count). The van der Waals surface area contributed by atoms with E-state index in [2.05, 4.69) is 11.4 Å². The van der Waals surface area contributed by atoms with Crippen molar-refractivity contribution >= 4 is 7.82 Å². The van der Waals surface area contributed by atoms with Gasteiger partial charge in [0.05, 0.1) is 18.8 Å². The summed E-state index contributed by atoms with van der Waals surface area (Å²) in [5.41, 5.74) is 5.59. The summed E-state index contributed by atoms with van der Waals surface area (Å²) in [6.07, 6.45) is 16.2. The lowest BCUT2D eigenvalue weighted by Gasteiger charge is -2.15. The van der Waals surface area contributed by atoms with Gasteiger partial charge in [-0.2, -0.15) is 0 Å². The van der Waals surface area contributed by atoms with Crippen LogP contribution >= 0.6 is 7.82 Å². The third kappa shape index (κ3) is 16.6. The molecular weight excluding hydrogens is 329 g/mol. The van der Waals surface area contributed by atoms with Crippen LogP contribution in [-0.2, 0) is 9.09 Å². The Kier molecular flexibility index (Phi) is 14.9. The molecule has 0 amide bonds. The number of allylic oxidation sites excluding steroid dienone is 1. The van der Waals surface area contributed by atoms with Crippen LogP contribution in [0, 0.1) is 0 Å². The highest BCUT2D eigenvalue weighted by Crippen LogP contribution is 2.35. The monoisotopic (exact) mass is 365 g/mol. The van der Waals surface area contributed by atoms with E-state index >= 15 is 0 Å². The average Bonchev–Trinajstić information content (AvgIpc) is 2.52. The summed E-state index contributed by atoms with van der Waals surface area (Å²) in [6.45, 7) is 1.85. The van der Waals surface area contributed by atoms with Gasteiger partial charge in [-0.05, 0) is 12.8 Å². The second kappa shape index (κ2) is 15.1. The molecule has 0 aromatic carbocycles. The molecule has 0 heterocycles. The SMILES string of the molecule is CCCCCCCCCCCC/C=C/C(O)C(N)COP(=O)(O)O. The molecule has 24 heavy (non-hydrogen) atoms. The van der Waals surface area contributed by atoms with Crippen molar-refractivity contribution in [3.05, 3.63) is 12.2 Å². The quantitative estimate of drug-likeness (QED) is 0.189. The van der Waals surface area contributed by atoms with Crippen LogP contribution in [0.1, 0.15) is 77.6 Å². The molecule has 0 aromatic heterocycles. The van der Waals surface area contributed by atoms with Crippen molar-refractivity contribution in [1.29, 1.82) is 0 Å². The molecule has 0 radical (unpaired) electrons. The lowest BCUT2D eigenvalue weighted by Crippen LogP contribution is -2.37. The molecule has 0 saturated heterocycles. The number of phosphoric ester groups is 1. The third-order valence-electron chi connectivity index (χ3n) is 3.93. The molecule has 0 aliphatic heterocycles. The fraction of sp³-hybridized carbons (Fsp3) is 0.882. The number of hydrogen-bond acceptors (Lipinski definition) is 4. The predicted molar refractivity (Wildman–Crippen MR) is 97.6 cm³/mol. The van der Waals surface area contributed by atoms with Gasteiger partial charge in [-0.25, -0.2) is 4.57 Å². The largest absolute Gasteiger partial charge is 0.469 e. The van der Waals surface area contributed by atoms with Gasteiger partial charge >= 0.3 is 7.82 Å². The summed E-state index contributed by atoms with van der Waals surface area (Å²) in [5.74, 6) is 0. The van der Waals surface area contributed by atoms with Gasteiger partial charge in [0.25, 0.3) is 0 Å². The van der Waals surface area contributed by atoms with Crippen LogP contribution in [0.4, 0.5) is 0 Å². The second-order valence-electron chi connectivity index (χ2n) is 6.34. The van der Waals surface area contributed by atoms with E-state index in [0.29, 0.717) is 0 Å². The zero-order valence-corrected chi connectivity index (χ0v) is 15.9. The van der Waals surface area contributed by atoms with Crippen molar-refractivity contribution in [2.75, 3.05) is 6.61 Å². The molecule has 0 spiro atoms. The van der Waals surface area contributed by atoms with Crippen LogP contribution < -0.4 is 5.73 Å². The summed E-state index contributed by atoms with van der Waals surface area (Å²) < 4.78 is 14.8. The summed E-state index contributed by atoms with van der Waals surface area (Å²) in [7, 11) is -4.53. The summed E-state index contributed by atoms with van der Waals surface area (Å²) in [6, 6.07) is -0.846. The molecule has 0 fully saturated rings. The molecule has 2 unspecified atom stereocenters. The number of nitrogens with two attached hydrogens (primary N) is 1. The molecule has 0 aliphatic rings. The van der Waals surface area contributed by atoms with E-state index in [4.69, 9.17) is 15.5 Å². The molecule has 0 bridgehead atoms. The lowest BCUT2D eigenvalue weighted by atomic mass is 10.1. The van der Waals surface area contributed by atoms with Gasteiger partial charge in [0.2, 0.25) is 0 Å². The van der Waals surface area contributed by atoms with Crippen molar-refractivity contribution in [1.82, 2.24) is 0 Å². The molecule has 0 aromatic rings. The summed E-state index contributed by atoms with van der Waals surface area (Å²) >= 11 is 0. The fourth-order valence-corrected chi connectivity index (χ4v) is 2.78. The van der Waals surface area contributed by atoms with Gasteiger partial charge in [-0.15, -0.1) is 0 Å². The maximum absolute atomic E-state index is 10.5. The number of rotatable bonds is 16. The first-order chi connectivity index (χ1) is 11.4. The Balaban J connectivity index is 3.49. The Morgan fingerprint density at radius 2 is 1.50 bits per heavy atom. The Labute approximate surface area is 146 Å².